The summed E-state index contributed by atoms with van der Waals surface area (Å²) in [5.41, 5.74) is 2.76. The van der Waals surface area contributed by atoms with E-state index in [1.165, 1.54) is 18.3 Å². The molecular weight excluding hydrogens is 357 g/mol. The summed E-state index contributed by atoms with van der Waals surface area (Å²) in [5, 5.41) is 10.3. The van der Waals surface area contributed by atoms with Gasteiger partial charge in [0.05, 0.1) is 42.3 Å². The van der Waals surface area contributed by atoms with Crippen molar-refractivity contribution in [2.24, 2.45) is 0 Å². The lowest BCUT2D eigenvalue weighted by atomic mass is 10.0. The van der Waals surface area contributed by atoms with E-state index in [4.69, 9.17) is 6.57 Å². The van der Waals surface area contributed by atoms with E-state index in [0.717, 1.165) is 16.8 Å². The third-order valence-corrected chi connectivity index (χ3v) is 4.39. The van der Waals surface area contributed by atoms with Crippen LogP contribution in [-0.2, 0) is 6.54 Å². The predicted octanol–water partition coefficient (Wildman–Crippen LogP) is 4.33. The molecule has 0 aliphatic carbocycles. The monoisotopic (exact) mass is 375 g/mol. The molecule has 0 radical (unpaired) electrons. The van der Waals surface area contributed by atoms with Crippen LogP contribution in [0.5, 0.6) is 0 Å². The molecule has 0 aliphatic heterocycles. The molecule has 4 aromatic rings. The van der Waals surface area contributed by atoms with E-state index >= 15 is 0 Å². The largest absolute Gasteiger partial charge is 0.389 e. The molecule has 0 bridgehead atoms. The SMILES string of the molecule is [C-]#[N+]c1cnc2ccc(-c3c(-c4ccc(F)cc4)ncn3CC(C)(C)O)cn12. The summed E-state index contributed by atoms with van der Waals surface area (Å²) < 4.78 is 17.0. The van der Waals surface area contributed by atoms with Crippen LogP contribution >= 0.6 is 0 Å². The molecule has 7 heteroatoms. The first-order valence-corrected chi connectivity index (χ1v) is 8.74. The Balaban J connectivity index is 1.94. The van der Waals surface area contributed by atoms with E-state index in [-0.39, 0.29) is 5.82 Å². The van der Waals surface area contributed by atoms with Gasteiger partial charge < -0.3 is 14.5 Å². The van der Waals surface area contributed by atoms with E-state index in [1.54, 1.807) is 36.7 Å². The Hall–Kier alpha value is -3.50. The highest BCUT2D eigenvalue weighted by Gasteiger charge is 2.21. The first kappa shape index (κ1) is 17.9. The molecule has 3 aromatic heterocycles. The van der Waals surface area contributed by atoms with Gasteiger partial charge in [-0.05, 0) is 44.2 Å². The van der Waals surface area contributed by atoms with Crippen LogP contribution < -0.4 is 0 Å². The van der Waals surface area contributed by atoms with Gasteiger partial charge in [-0.1, -0.05) is 6.57 Å². The zero-order valence-electron chi connectivity index (χ0n) is 15.5. The van der Waals surface area contributed by atoms with Gasteiger partial charge in [-0.3, -0.25) is 0 Å². The zero-order chi connectivity index (χ0) is 19.9. The van der Waals surface area contributed by atoms with Gasteiger partial charge in [-0.25, -0.2) is 18.8 Å². The number of pyridine rings is 1. The van der Waals surface area contributed by atoms with Gasteiger partial charge >= 0.3 is 0 Å². The smallest absolute Gasteiger partial charge is 0.254 e. The maximum Gasteiger partial charge on any atom is 0.254 e. The molecule has 0 saturated carbocycles. The number of hydrogen-bond acceptors (Lipinski definition) is 3. The second-order valence-corrected chi connectivity index (χ2v) is 7.26. The maximum atomic E-state index is 13.4. The average Bonchev–Trinajstić information content (AvgIpc) is 3.24. The molecule has 140 valence electrons. The summed E-state index contributed by atoms with van der Waals surface area (Å²) >= 11 is 0. The Morgan fingerprint density at radius 1 is 1.11 bits per heavy atom. The molecule has 0 spiro atoms. The molecular formula is C21H18FN5O. The van der Waals surface area contributed by atoms with Crippen LogP contribution in [0.4, 0.5) is 10.2 Å². The molecule has 1 aromatic carbocycles. The standard InChI is InChI=1S/C21H18FN5O/c1-21(2,28)12-26-13-25-19(14-4-7-16(22)8-5-14)20(26)15-6-9-17-24-10-18(23-3)27(17)11-15/h4-11,13,28H,12H2,1-2H3. The molecule has 3 heterocycles. The fraction of sp³-hybridized carbons (Fsp3) is 0.190. The minimum atomic E-state index is -0.948. The van der Waals surface area contributed by atoms with Crippen molar-refractivity contribution < 1.29 is 9.50 Å². The first-order valence-electron chi connectivity index (χ1n) is 8.74. The van der Waals surface area contributed by atoms with Crippen LogP contribution in [0.2, 0.25) is 0 Å². The molecule has 0 aliphatic rings. The highest BCUT2D eigenvalue weighted by molar-refractivity contribution is 5.79. The van der Waals surface area contributed by atoms with Crippen LogP contribution in [0.25, 0.3) is 33.0 Å². The van der Waals surface area contributed by atoms with Gasteiger partial charge in [0.25, 0.3) is 5.82 Å². The first-order chi connectivity index (χ1) is 13.4. The molecule has 0 fully saturated rings. The van der Waals surface area contributed by atoms with Crippen molar-refractivity contribution >= 4 is 11.5 Å². The van der Waals surface area contributed by atoms with Crippen molar-refractivity contribution in [3.63, 3.8) is 0 Å². The van der Waals surface area contributed by atoms with Crippen molar-refractivity contribution in [1.29, 1.82) is 0 Å². The molecule has 28 heavy (non-hydrogen) atoms. The van der Waals surface area contributed by atoms with Gasteiger partial charge in [-0.15, -0.1) is 0 Å². The van der Waals surface area contributed by atoms with Crippen molar-refractivity contribution in [2.45, 2.75) is 26.0 Å². The number of nitrogens with zero attached hydrogens (tertiary/aromatic N) is 5. The molecule has 6 nitrogen and oxygen atoms in total. The Labute approximate surface area is 161 Å². The predicted molar refractivity (Wildman–Crippen MR) is 104 cm³/mol. The summed E-state index contributed by atoms with van der Waals surface area (Å²) in [4.78, 5) is 12.3. The normalized spacial score (nSPS) is 11.7. The van der Waals surface area contributed by atoms with Crippen LogP contribution in [0.3, 0.4) is 0 Å². The fourth-order valence-electron chi connectivity index (χ4n) is 3.23. The number of rotatable bonds is 4. The average molecular weight is 375 g/mol. The van der Waals surface area contributed by atoms with Crippen LogP contribution in [-0.4, -0.2) is 29.6 Å². The number of halogens is 1. The molecule has 0 atom stereocenters. The third kappa shape index (κ3) is 3.26. The topological polar surface area (TPSA) is 59.7 Å². The molecule has 0 unspecified atom stereocenters. The minimum absolute atomic E-state index is 0.317. The van der Waals surface area contributed by atoms with E-state index in [9.17, 15) is 9.50 Å². The number of benzene rings is 1. The maximum absolute atomic E-state index is 13.4. The third-order valence-electron chi connectivity index (χ3n) is 4.39. The van der Waals surface area contributed by atoms with Gasteiger partial charge in [-0.2, -0.15) is 0 Å². The second kappa shape index (κ2) is 6.59. The van der Waals surface area contributed by atoms with Crippen molar-refractivity contribution in [2.75, 3.05) is 0 Å². The molecule has 0 saturated heterocycles. The van der Waals surface area contributed by atoms with Gasteiger partial charge in [0, 0.05) is 17.2 Å². The van der Waals surface area contributed by atoms with Crippen LogP contribution in [0.1, 0.15) is 13.8 Å². The van der Waals surface area contributed by atoms with E-state index in [2.05, 4.69) is 14.8 Å². The summed E-state index contributed by atoms with van der Waals surface area (Å²) in [6.45, 7) is 11.1. The van der Waals surface area contributed by atoms with Gasteiger partial charge in [0.2, 0.25) is 5.65 Å². The van der Waals surface area contributed by atoms with Crippen molar-refractivity contribution in [1.82, 2.24) is 18.9 Å². The highest BCUT2D eigenvalue weighted by Crippen LogP contribution is 2.33. The van der Waals surface area contributed by atoms with Crippen LogP contribution in [0.15, 0.2) is 55.1 Å². The Bertz CT molecular complexity index is 1190. The van der Waals surface area contributed by atoms with Crippen molar-refractivity contribution in [3.8, 4) is 22.5 Å². The summed E-state index contributed by atoms with van der Waals surface area (Å²) in [6, 6.07) is 9.88. The Morgan fingerprint density at radius 2 is 1.82 bits per heavy atom. The number of hydrogen-bond donors (Lipinski definition) is 1. The lowest BCUT2D eigenvalue weighted by molar-refractivity contribution is 0.0619. The number of imidazole rings is 2. The quantitative estimate of drug-likeness (QED) is 0.540. The van der Waals surface area contributed by atoms with Crippen LogP contribution in [0, 0.1) is 12.4 Å². The number of aliphatic hydroxyl groups is 1. The van der Waals surface area contributed by atoms with E-state index in [0.29, 0.717) is 23.7 Å². The lowest BCUT2D eigenvalue weighted by Gasteiger charge is -2.20. The Morgan fingerprint density at radius 3 is 2.50 bits per heavy atom. The van der Waals surface area contributed by atoms with E-state index in [1.807, 2.05) is 22.9 Å². The summed E-state index contributed by atoms with van der Waals surface area (Å²) in [5.74, 6) is 0.0940. The second-order valence-electron chi connectivity index (χ2n) is 7.26. The lowest BCUT2D eigenvalue weighted by Crippen LogP contribution is -2.26. The van der Waals surface area contributed by atoms with Crippen molar-refractivity contribution in [3.05, 3.63) is 72.4 Å². The van der Waals surface area contributed by atoms with E-state index < -0.39 is 5.60 Å². The Kier molecular flexibility index (Phi) is 4.21. The molecule has 1 N–H and O–H groups in total. The fourth-order valence-corrected chi connectivity index (χ4v) is 3.23. The highest BCUT2D eigenvalue weighted by atomic mass is 19.1. The molecule has 0 amide bonds. The summed E-state index contributed by atoms with van der Waals surface area (Å²) in [6.07, 6.45) is 5.03. The number of fused-ring (bicyclic) bond motifs is 1. The van der Waals surface area contributed by atoms with Gasteiger partial charge in [0.15, 0.2) is 0 Å². The molecule has 4 rings (SSSR count). The summed E-state index contributed by atoms with van der Waals surface area (Å²) in [7, 11) is 0. The minimum Gasteiger partial charge on any atom is -0.389 e. The zero-order valence-corrected chi connectivity index (χ0v) is 15.5. The number of aromatic nitrogens is 4. The van der Waals surface area contributed by atoms with Gasteiger partial charge in [0.1, 0.15) is 5.82 Å².